The van der Waals surface area contributed by atoms with Crippen molar-refractivity contribution in [3.63, 3.8) is 0 Å². The number of nitrogens with two attached hydrogens (primary N) is 1. The van der Waals surface area contributed by atoms with E-state index in [1.165, 1.54) is 60.5 Å². The lowest BCUT2D eigenvalue weighted by molar-refractivity contribution is -0.151. The smallest absolute Gasteiger partial charge is 0.358 e. The molecule has 8 fully saturated rings. The number of aromatic carboxylic acids is 1. The van der Waals surface area contributed by atoms with Crippen LogP contribution in [0.1, 0.15) is 178 Å². The Morgan fingerprint density at radius 2 is 1.04 bits per heavy atom. The summed E-state index contributed by atoms with van der Waals surface area (Å²) in [4.78, 5) is 52.8. The number of carboxylic acids is 1. The van der Waals surface area contributed by atoms with Crippen molar-refractivity contribution in [2.75, 3.05) is 40.5 Å². The maximum Gasteiger partial charge on any atom is 0.358 e. The van der Waals surface area contributed by atoms with Crippen LogP contribution in [-0.2, 0) is 32.2 Å². The molecule has 0 aliphatic heterocycles. The Hall–Kier alpha value is -3.64. The Kier molecular flexibility index (Phi) is 16.6. The van der Waals surface area contributed by atoms with Gasteiger partial charge in [0.1, 0.15) is 13.1 Å². The van der Waals surface area contributed by atoms with Crippen molar-refractivity contribution in [1.29, 1.82) is 0 Å². The molecule has 408 valence electrons. The minimum Gasteiger partial charge on any atom is -0.476 e. The van der Waals surface area contributed by atoms with Crippen LogP contribution in [0.15, 0.2) is 12.4 Å². The molecule has 0 spiro atoms. The predicted molar refractivity (Wildman–Crippen MR) is 274 cm³/mol. The number of ketones is 2. The lowest BCUT2D eigenvalue weighted by atomic mass is 9.44. The highest BCUT2D eigenvalue weighted by Gasteiger charge is 2.63. The molecule has 2 aromatic rings. The molecule has 0 saturated heterocycles. The fraction of sp³-hybridized carbons (Fsp3) is 0.857. The topological polar surface area (TPSA) is 247 Å². The van der Waals surface area contributed by atoms with Crippen molar-refractivity contribution >= 4 is 23.4 Å². The summed E-state index contributed by atoms with van der Waals surface area (Å²) in [7, 11) is 3.22. The summed E-state index contributed by atoms with van der Waals surface area (Å²) in [6.07, 6.45) is 22.1. The number of aromatic nitrogens is 6. The number of Topliss-reactive ketones (excluding diaryl/α,β-unsaturated/α-hetero) is 2. The number of ether oxygens (including phenoxy) is 2. The summed E-state index contributed by atoms with van der Waals surface area (Å²) in [5.41, 5.74) is 4.81. The van der Waals surface area contributed by atoms with Crippen molar-refractivity contribution in [3.05, 3.63) is 23.8 Å². The molecule has 1 amide bonds. The van der Waals surface area contributed by atoms with Gasteiger partial charge in [-0.15, -0.1) is 10.2 Å². The molecule has 0 bridgehead atoms. The van der Waals surface area contributed by atoms with Crippen molar-refractivity contribution < 1.29 is 44.0 Å². The first-order valence-corrected chi connectivity index (χ1v) is 28.0. The van der Waals surface area contributed by atoms with Gasteiger partial charge in [0.25, 0.3) is 5.91 Å². The van der Waals surface area contributed by atoms with Crippen molar-refractivity contribution in [2.24, 2.45) is 86.6 Å². The number of aliphatic hydroxyl groups is 2. The monoisotopic (exact) mass is 1020 g/mol. The van der Waals surface area contributed by atoms with Crippen molar-refractivity contribution in [1.82, 2.24) is 35.3 Å². The normalized spacial score (nSPS) is 41.1. The summed E-state index contributed by atoms with van der Waals surface area (Å²) in [6, 6.07) is 0. The number of carbonyl (C=O) groups is 4. The van der Waals surface area contributed by atoms with Gasteiger partial charge < -0.3 is 35.8 Å². The SMILES string of the molecule is COCCN.COCCNC(=O)c1cnn(CC(=O)[C@H]2CC[C@H]3[C@@H]4CC[C@@H]5C[C@](C)(O)CC[C@]5(C)[C@H]4CC[C@]23C)n1.C[C@@]1(O)CC[C@@]2(C)[C@H](CC[C@@H]3[C@@H]2CC[C@]2(C)[C@@H](C(=O)Cn4ncc(C(=O)O)n4)CC[C@@H]32)C1. The average molecular weight is 1020 g/mol. The van der Waals surface area contributed by atoms with E-state index in [-0.39, 0.29) is 64.6 Å². The molecule has 8 aliphatic rings. The number of amides is 1. The number of nitrogens with zero attached hydrogens (tertiary/aromatic N) is 6. The van der Waals surface area contributed by atoms with E-state index in [2.05, 4.69) is 58.1 Å². The second kappa shape index (κ2) is 21.8. The first kappa shape index (κ1) is 55.6. The Balaban J connectivity index is 0.000000179. The molecule has 17 nitrogen and oxygen atoms in total. The van der Waals surface area contributed by atoms with Gasteiger partial charge in [0.2, 0.25) is 0 Å². The molecular weight excluding hydrogens is 929 g/mol. The Bertz CT molecular complexity index is 2280. The molecule has 10 rings (SSSR count). The van der Waals surface area contributed by atoms with Gasteiger partial charge in [0.15, 0.2) is 23.0 Å². The highest BCUT2D eigenvalue weighted by atomic mass is 16.5. The zero-order valence-corrected chi connectivity index (χ0v) is 45.5. The van der Waals surface area contributed by atoms with E-state index in [1.807, 2.05) is 13.8 Å². The minimum atomic E-state index is -1.12. The number of nitrogens with one attached hydrogen (secondary N) is 1. The zero-order chi connectivity index (χ0) is 52.7. The van der Waals surface area contributed by atoms with Gasteiger partial charge in [-0.25, -0.2) is 4.79 Å². The maximum atomic E-state index is 13.5. The lowest BCUT2D eigenvalue weighted by Gasteiger charge is -2.61. The third-order valence-electron chi connectivity index (χ3n) is 21.7. The van der Waals surface area contributed by atoms with E-state index in [0.717, 1.165) is 77.0 Å². The molecule has 2 heterocycles. The summed E-state index contributed by atoms with van der Waals surface area (Å²) in [6.45, 7) is 16.1. The van der Waals surface area contributed by atoms with Gasteiger partial charge in [0, 0.05) is 39.1 Å². The quantitative estimate of drug-likeness (QED) is 0.125. The molecule has 8 aliphatic carbocycles. The van der Waals surface area contributed by atoms with Crippen molar-refractivity contribution in [2.45, 2.75) is 181 Å². The summed E-state index contributed by atoms with van der Waals surface area (Å²) < 4.78 is 9.52. The van der Waals surface area contributed by atoms with Crippen LogP contribution in [0.3, 0.4) is 0 Å². The van der Waals surface area contributed by atoms with E-state index >= 15 is 0 Å². The van der Waals surface area contributed by atoms with Crippen LogP contribution < -0.4 is 11.1 Å². The molecule has 17 heteroatoms. The van der Waals surface area contributed by atoms with Gasteiger partial charge in [-0.1, -0.05) is 27.7 Å². The second-order valence-electron chi connectivity index (χ2n) is 25.9. The number of hydrogen-bond acceptors (Lipinski definition) is 13. The van der Waals surface area contributed by atoms with Gasteiger partial charge >= 0.3 is 5.97 Å². The van der Waals surface area contributed by atoms with Gasteiger partial charge in [-0.2, -0.15) is 19.8 Å². The highest BCUT2D eigenvalue weighted by molar-refractivity contribution is 5.92. The van der Waals surface area contributed by atoms with E-state index in [9.17, 15) is 29.4 Å². The maximum absolute atomic E-state index is 13.5. The molecule has 73 heavy (non-hydrogen) atoms. The molecule has 6 N–H and O–H groups in total. The number of carboxylic acid groups (broad SMARTS) is 1. The first-order chi connectivity index (χ1) is 34.5. The van der Waals surface area contributed by atoms with Gasteiger partial charge in [-0.3, -0.25) is 14.4 Å². The molecule has 8 saturated carbocycles. The number of fused-ring (bicyclic) bond motifs is 10. The number of rotatable bonds is 13. The second-order valence-corrected chi connectivity index (χ2v) is 25.9. The van der Waals surface area contributed by atoms with E-state index < -0.39 is 17.2 Å². The largest absolute Gasteiger partial charge is 0.476 e. The molecule has 16 atom stereocenters. The molecule has 0 radical (unpaired) electrons. The standard InChI is InChI=1S/C28H44N4O4.C25H37N3O4.C3H9NO/c1-26(35)11-12-27(2)18(15-26)5-6-19-20-7-8-22(28(20,3)10-9-21(19)27)24(33)17-32-30-16-23(31-32)25(34)29-13-14-36-4;1-23(32)10-11-24(2)15(12-23)4-5-16-17-6-7-19(25(17,3)9-8-18(16)24)21(29)14-28-26-13-20(27-28)22(30)31;1-5-3-2-4/h16,18-22,35H,5-15,17H2,1-4H3,(H,29,34);13,15-19,32H,4-12,14H2,1-3H3,(H,30,31);2-4H2,1H3/t18-,19+,20+,21+,22-,26-,27+,28+;15-,16+,17+,18+,19-,23-,24+,25+;/m11./s1. The van der Waals surface area contributed by atoms with Gasteiger partial charge in [0.05, 0.1) is 36.8 Å². The predicted octanol–water partition coefficient (Wildman–Crippen LogP) is 7.18. The van der Waals surface area contributed by atoms with Crippen LogP contribution in [0.5, 0.6) is 0 Å². The zero-order valence-electron chi connectivity index (χ0n) is 45.5. The fourth-order valence-electron chi connectivity index (χ4n) is 17.8. The Morgan fingerprint density at radius 1 is 0.603 bits per heavy atom. The lowest BCUT2D eigenvalue weighted by Crippen LogP contribution is -2.55. The highest BCUT2D eigenvalue weighted by Crippen LogP contribution is 2.70. The third kappa shape index (κ3) is 11.0. The van der Waals surface area contributed by atoms with E-state index in [0.29, 0.717) is 84.5 Å². The van der Waals surface area contributed by atoms with Crippen LogP contribution >= 0.6 is 0 Å². The van der Waals surface area contributed by atoms with Crippen LogP contribution in [0.25, 0.3) is 0 Å². The molecule has 0 aromatic carbocycles. The molecule has 2 aromatic heterocycles. The average Bonchev–Trinajstić information content (AvgIpc) is 4.15. The number of methoxy groups -OCH3 is 2. The molecular formula is C56H90N8O9. The first-order valence-electron chi connectivity index (χ1n) is 28.0. The summed E-state index contributed by atoms with van der Waals surface area (Å²) in [5, 5.41) is 49.6. The fourth-order valence-corrected chi connectivity index (χ4v) is 17.8. The van der Waals surface area contributed by atoms with Crippen LogP contribution in [0.2, 0.25) is 0 Å². The molecule has 0 unspecified atom stereocenters. The van der Waals surface area contributed by atoms with E-state index in [4.69, 9.17) is 15.6 Å². The van der Waals surface area contributed by atoms with E-state index in [1.54, 1.807) is 14.2 Å². The Morgan fingerprint density at radius 3 is 1.45 bits per heavy atom. The van der Waals surface area contributed by atoms with Gasteiger partial charge in [-0.05, 0) is 198 Å². The third-order valence-corrected chi connectivity index (χ3v) is 21.7. The number of hydrogen-bond donors (Lipinski definition) is 5. The minimum absolute atomic E-state index is 0.00495. The van der Waals surface area contributed by atoms with Crippen LogP contribution in [0, 0.1) is 80.8 Å². The summed E-state index contributed by atoms with van der Waals surface area (Å²) >= 11 is 0. The van der Waals surface area contributed by atoms with Crippen LogP contribution in [0.4, 0.5) is 0 Å². The number of carbonyl (C=O) groups excluding carboxylic acids is 3. The van der Waals surface area contributed by atoms with Crippen molar-refractivity contribution in [3.8, 4) is 0 Å². The Labute approximate surface area is 433 Å². The van der Waals surface area contributed by atoms with Crippen LogP contribution in [-0.4, -0.2) is 120 Å². The summed E-state index contributed by atoms with van der Waals surface area (Å²) in [5.74, 6) is 4.17.